The van der Waals surface area contributed by atoms with Crippen molar-refractivity contribution in [2.45, 2.75) is 26.2 Å². The number of carbonyl (C=O) groups is 1. The first-order valence-corrected chi connectivity index (χ1v) is 3.62. The smallest absolute Gasteiger partial charge is 0.216 e. The number of hydrogen-bond acceptors (Lipinski definition) is 2. The van der Waals surface area contributed by atoms with Gasteiger partial charge >= 0.3 is 0 Å². The second-order valence-electron chi connectivity index (χ2n) is 2.27. The van der Waals surface area contributed by atoms with Gasteiger partial charge in [-0.05, 0) is 19.3 Å². The van der Waals surface area contributed by atoms with Crippen LogP contribution in [-0.4, -0.2) is 24.2 Å². The fraction of sp³-hybridized carbons (Fsp3) is 0.857. The SMILES string of the molecule is CC(=O)NCCCCCO. The van der Waals surface area contributed by atoms with E-state index in [-0.39, 0.29) is 12.5 Å². The molecule has 0 aliphatic heterocycles. The summed E-state index contributed by atoms with van der Waals surface area (Å²) in [4.78, 5) is 10.3. The molecule has 0 aliphatic rings. The van der Waals surface area contributed by atoms with Gasteiger partial charge in [-0.15, -0.1) is 0 Å². The van der Waals surface area contributed by atoms with Crippen LogP contribution in [0.5, 0.6) is 0 Å². The van der Waals surface area contributed by atoms with Crippen LogP contribution >= 0.6 is 0 Å². The maximum absolute atomic E-state index is 10.3. The summed E-state index contributed by atoms with van der Waals surface area (Å²) in [6.45, 7) is 2.49. The third-order valence-corrected chi connectivity index (χ3v) is 1.21. The van der Waals surface area contributed by atoms with Crippen LogP contribution in [0.25, 0.3) is 0 Å². The Hall–Kier alpha value is -0.570. The third-order valence-electron chi connectivity index (χ3n) is 1.21. The first-order chi connectivity index (χ1) is 4.77. The lowest BCUT2D eigenvalue weighted by molar-refractivity contribution is -0.118. The summed E-state index contributed by atoms with van der Waals surface area (Å²) in [5, 5.41) is 11.1. The summed E-state index contributed by atoms with van der Waals surface area (Å²) in [6.07, 6.45) is 2.77. The molecule has 0 aromatic rings. The van der Waals surface area contributed by atoms with Crippen molar-refractivity contribution in [3.05, 3.63) is 0 Å². The molecule has 3 heteroatoms. The molecule has 2 N–H and O–H groups in total. The third kappa shape index (κ3) is 7.43. The van der Waals surface area contributed by atoms with Gasteiger partial charge in [-0.3, -0.25) is 4.79 Å². The molecule has 3 nitrogen and oxygen atoms in total. The van der Waals surface area contributed by atoms with Gasteiger partial charge in [0.25, 0.3) is 0 Å². The predicted molar refractivity (Wildman–Crippen MR) is 39.6 cm³/mol. The van der Waals surface area contributed by atoms with Gasteiger partial charge in [0.2, 0.25) is 5.91 Å². The van der Waals surface area contributed by atoms with Gasteiger partial charge in [-0.25, -0.2) is 0 Å². The number of unbranched alkanes of at least 4 members (excludes halogenated alkanes) is 2. The molecule has 0 atom stereocenters. The van der Waals surface area contributed by atoms with Crippen LogP contribution in [0.2, 0.25) is 0 Å². The maximum Gasteiger partial charge on any atom is 0.216 e. The molecule has 0 unspecified atom stereocenters. The number of rotatable bonds is 5. The van der Waals surface area contributed by atoms with Gasteiger partial charge < -0.3 is 10.4 Å². The Morgan fingerprint density at radius 2 is 2.10 bits per heavy atom. The summed E-state index contributed by atoms with van der Waals surface area (Å²) in [5.41, 5.74) is 0. The topological polar surface area (TPSA) is 49.3 Å². The molecule has 60 valence electrons. The van der Waals surface area contributed by atoms with Crippen molar-refractivity contribution in [3.63, 3.8) is 0 Å². The van der Waals surface area contributed by atoms with Crippen LogP contribution < -0.4 is 5.32 Å². The van der Waals surface area contributed by atoms with Gasteiger partial charge in [0.1, 0.15) is 0 Å². The lowest BCUT2D eigenvalue weighted by Gasteiger charge is -1.99. The molecular formula is C7H15NO2. The maximum atomic E-state index is 10.3. The van der Waals surface area contributed by atoms with E-state index in [4.69, 9.17) is 5.11 Å². The lowest BCUT2D eigenvalue weighted by Crippen LogP contribution is -2.20. The Kier molecular flexibility index (Phi) is 6.18. The van der Waals surface area contributed by atoms with Crippen LogP contribution in [0, 0.1) is 0 Å². The highest BCUT2D eigenvalue weighted by molar-refractivity contribution is 5.72. The highest BCUT2D eigenvalue weighted by Crippen LogP contribution is 1.91. The van der Waals surface area contributed by atoms with Crippen molar-refractivity contribution in [2.24, 2.45) is 0 Å². The zero-order valence-electron chi connectivity index (χ0n) is 6.39. The molecule has 0 aromatic carbocycles. The molecule has 10 heavy (non-hydrogen) atoms. The van der Waals surface area contributed by atoms with Gasteiger partial charge in [0, 0.05) is 20.1 Å². The highest BCUT2D eigenvalue weighted by Gasteiger charge is 1.89. The van der Waals surface area contributed by atoms with Gasteiger partial charge in [0.05, 0.1) is 0 Å². The first kappa shape index (κ1) is 9.43. The van der Waals surface area contributed by atoms with Crippen molar-refractivity contribution in [3.8, 4) is 0 Å². The number of amides is 1. The molecule has 0 heterocycles. The summed E-state index contributed by atoms with van der Waals surface area (Å²) < 4.78 is 0. The normalized spacial score (nSPS) is 9.40. The summed E-state index contributed by atoms with van der Waals surface area (Å²) in [5.74, 6) is 0.0176. The van der Waals surface area contributed by atoms with E-state index < -0.39 is 0 Å². The number of hydrogen-bond donors (Lipinski definition) is 2. The number of nitrogens with one attached hydrogen (secondary N) is 1. The molecule has 0 aliphatic carbocycles. The largest absolute Gasteiger partial charge is 0.396 e. The van der Waals surface area contributed by atoms with Gasteiger partial charge in [-0.1, -0.05) is 0 Å². The van der Waals surface area contributed by atoms with Crippen molar-refractivity contribution >= 4 is 5.91 Å². The fourth-order valence-corrected chi connectivity index (χ4v) is 0.678. The summed E-state index contributed by atoms with van der Waals surface area (Å²) in [6, 6.07) is 0. The highest BCUT2D eigenvalue weighted by atomic mass is 16.2. The average molecular weight is 145 g/mol. The average Bonchev–Trinajstić information content (AvgIpc) is 1.87. The van der Waals surface area contributed by atoms with Crippen molar-refractivity contribution in [2.75, 3.05) is 13.2 Å². The predicted octanol–water partition coefficient (Wildman–Crippen LogP) is 0.285. The van der Waals surface area contributed by atoms with Crippen LogP contribution in [0.15, 0.2) is 0 Å². The van der Waals surface area contributed by atoms with Crippen LogP contribution in [0.3, 0.4) is 0 Å². The zero-order valence-corrected chi connectivity index (χ0v) is 6.39. The second kappa shape index (κ2) is 6.55. The second-order valence-corrected chi connectivity index (χ2v) is 2.27. The first-order valence-electron chi connectivity index (χ1n) is 3.62. The Morgan fingerprint density at radius 3 is 2.60 bits per heavy atom. The van der Waals surface area contributed by atoms with Crippen LogP contribution in [-0.2, 0) is 4.79 Å². The standard InChI is InChI=1S/C7H15NO2/c1-7(10)8-5-3-2-4-6-9/h9H,2-6H2,1H3,(H,8,10). The molecule has 0 saturated heterocycles. The number of aliphatic hydroxyl groups excluding tert-OH is 1. The van der Waals surface area contributed by atoms with E-state index >= 15 is 0 Å². The van der Waals surface area contributed by atoms with E-state index in [1.54, 1.807) is 0 Å². The summed E-state index contributed by atoms with van der Waals surface area (Å²) in [7, 11) is 0. The van der Waals surface area contributed by atoms with E-state index in [9.17, 15) is 4.79 Å². The Labute approximate surface area is 61.4 Å². The minimum absolute atomic E-state index is 0.0176. The molecule has 0 saturated carbocycles. The van der Waals surface area contributed by atoms with Gasteiger partial charge in [-0.2, -0.15) is 0 Å². The van der Waals surface area contributed by atoms with Crippen molar-refractivity contribution in [1.82, 2.24) is 5.32 Å². The Balaban J connectivity index is 2.84. The quantitative estimate of drug-likeness (QED) is 0.546. The number of carbonyl (C=O) groups excluding carboxylic acids is 1. The molecule has 0 rings (SSSR count). The zero-order chi connectivity index (χ0) is 7.82. The molecule has 0 fully saturated rings. The molecule has 1 amide bonds. The van der Waals surface area contributed by atoms with E-state index in [1.807, 2.05) is 0 Å². The van der Waals surface area contributed by atoms with Crippen LogP contribution in [0.4, 0.5) is 0 Å². The van der Waals surface area contributed by atoms with Crippen molar-refractivity contribution < 1.29 is 9.90 Å². The lowest BCUT2D eigenvalue weighted by atomic mass is 10.2. The van der Waals surface area contributed by atoms with Crippen molar-refractivity contribution in [1.29, 1.82) is 0 Å². The van der Waals surface area contributed by atoms with E-state index in [0.717, 1.165) is 25.8 Å². The minimum atomic E-state index is 0.0176. The Morgan fingerprint density at radius 1 is 1.40 bits per heavy atom. The van der Waals surface area contributed by atoms with E-state index in [0.29, 0.717) is 0 Å². The van der Waals surface area contributed by atoms with E-state index in [1.165, 1.54) is 6.92 Å². The molecular weight excluding hydrogens is 130 g/mol. The van der Waals surface area contributed by atoms with Gasteiger partial charge in [0.15, 0.2) is 0 Å². The molecule has 0 bridgehead atoms. The molecule has 0 aromatic heterocycles. The number of aliphatic hydroxyl groups is 1. The minimum Gasteiger partial charge on any atom is -0.396 e. The Bertz CT molecular complexity index is 93.6. The molecule has 0 spiro atoms. The monoisotopic (exact) mass is 145 g/mol. The summed E-state index contributed by atoms with van der Waals surface area (Å²) >= 11 is 0. The van der Waals surface area contributed by atoms with Crippen LogP contribution in [0.1, 0.15) is 26.2 Å². The van der Waals surface area contributed by atoms with E-state index in [2.05, 4.69) is 5.32 Å². The fourth-order valence-electron chi connectivity index (χ4n) is 0.678. The molecule has 0 radical (unpaired) electrons.